The Bertz CT molecular complexity index is 433. The number of nitrogens with two attached hydrogens (primary N) is 1. The van der Waals surface area contributed by atoms with E-state index in [0.717, 1.165) is 5.56 Å². The highest BCUT2D eigenvalue weighted by Gasteiger charge is 2.29. The maximum absolute atomic E-state index is 12.0. The minimum Gasteiger partial charge on any atom is -0.465 e. The van der Waals surface area contributed by atoms with Crippen LogP contribution in [-0.4, -0.2) is 24.7 Å². The highest BCUT2D eigenvalue weighted by molar-refractivity contribution is 5.79. The molecule has 0 fully saturated rings. The minimum atomic E-state index is -2.84. The van der Waals surface area contributed by atoms with E-state index < -0.39 is 18.1 Å². The predicted molar refractivity (Wildman–Crippen MR) is 70.6 cm³/mol. The van der Waals surface area contributed by atoms with Gasteiger partial charge in [0.1, 0.15) is 11.3 Å². The highest BCUT2D eigenvalue weighted by Crippen LogP contribution is 2.18. The van der Waals surface area contributed by atoms with E-state index in [4.69, 9.17) is 10.5 Å². The number of ether oxygens (including phenoxy) is 2. The van der Waals surface area contributed by atoms with Crippen LogP contribution < -0.4 is 10.5 Å². The molecule has 0 bridgehead atoms. The fraction of sp³-hybridized carbons (Fsp3) is 0.500. The van der Waals surface area contributed by atoms with Gasteiger partial charge < -0.3 is 15.2 Å². The molecule has 2 N–H and O–H groups in total. The molecule has 0 amide bonds. The summed E-state index contributed by atoms with van der Waals surface area (Å²) in [7, 11) is 0. The monoisotopic (exact) mass is 287 g/mol. The van der Waals surface area contributed by atoms with Crippen LogP contribution in [0, 0.1) is 0 Å². The summed E-state index contributed by atoms with van der Waals surface area (Å²) in [6, 6.07) is 6.25. The van der Waals surface area contributed by atoms with Crippen molar-refractivity contribution < 1.29 is 23.0 Å². The summed E-state index contributed by atoms with van der Waals surface area (Å²) in [5, 5.41) is 0. The summed E-state index contributed by atoms with van der Waals surface area (Å²) in [5.74, 6) is -0.345. The quantitative estimate of drug-likeness (QED) is 0.783. The minimum absolute atomic E-state index is 0.102. The van der Waals surface area contributed by atoms with Crippen LogP contribution in [0.25, 0.3) is 0 Å². The molecular formula is C14H19F2NO3. The van der Waals surface area contributed by atoms with E-state index in [-0.39, 0.29) is 12.4 Å². The van der Waals surface area contributed by atoms with Crippen molar-refractivity contribution in [3.8, 4) is 5.75 Å². The second kappa shape index (κ2) is 7.19. The molecule has 0 radical (unpaired) electrons. The average Bonchev–Trinajstić information content (AvgIpc) is 2.37. The number of carbonyl (C=O) groups excluding carboxylic acids is 1. The van der Waals surface area contributed by atoms with Gasteiger partial charge in [0.2, 0.25) is 0 Å². The zero-order valence-corrected chi connectivity index (χ0v) is 11.6. The van der Waals surface area contributed by atoms with Crippen LogP contribution in [0.3, 0.4) is 0 Å². The van der Waals surface area contributed by atoms with E-state index in [1.165, 1.54) is 12.1 Å². The van der Waals surface area contributed by atoms with Crippen molar-refractivity contribution in [2.75, 3.05) is 6.61 Å². The molecule has 0 aliphatic heterocycles. The van der Waals surface area contributed by atoms with Crippen molar-refractivity contribution >= 4 is 5.97 Å². The first-order chi connectivity index (χ1) is 9.35. The molecule has 0 spiro atoms. The van der Waals surface area contributed by atoms with Crippen molar-refractivity contribution in [1.82, 2.24) is 0 Å². The first-order valence-corrected chi connectivity index (χ1v) is 6.35. The number of esters is 1. The molecule has 0 saturated heterocycles. The van der Waals surface area contributed by atoms with Crippen LogP contribution in [0.4, 0.5) is 8.78 Å². The zero-order valence-electron chi connectivity index (χ0n) is 11.6. The van der Waals surface area contributed by atoms with Gasteiger partial charge in [0.05, 0.1) is 6.61 Å². The standard InChI is InChI=1S/C14H19F2NO3/c1-3-19-12(18)14(2,17)9-8-10-4-6-11(7-5-10)20-13(15)16/h4-7,13H,3,8-9,17H2,1-2H3. The van der Waals surface area contributed by atoms with Gasteiger partial charge in [-0.2, -0.15) is 8.78 Å². The molecule has 0 heterocycles. The molecule has 20 heavy (non-hydrogen) atoms. The Morgan fingerprint density at radius 3 is 2.45 bits per heavy atom. The lowest BCUT2D eigenvalue weighted by atomic mass is 9.94. The lowest BCUT2D eigenvalue weighted by Crippen LogP contribution is -2.46. The molecule has 1 aromatic carbocycles. The molecule has 1 unspecified atom stereocenters. The first-order valence-electron chi connectivity index (χ1n) is 6.35. The van der Waals surface area contributed by atoms with Crippen molar-refractivity contribution in [2.24, 2.45) is 5.73 Å². The van der Waals surface area contributed by atoms with Gasteiger partial charge in [0.25, 0.3) is 0 Å². The largest absolute Gasteiger partial charge is 0.465 e. The highest BCUT2D eigenvalue weighted by atomic mass is 19.3. The maximum Gasteiger partial charge on any atom is 0.387 e. The molecule has 1 atom stereocenters. The third-order valence-electron chi connectivity index (χ3n) is 2.82. The molecule has 0 aliphatic rings. The summed E-state index contributed by atoms with van der Waals surface area (Å²) in [6.45, 7) is 0.775. The SMILES string of the molecule is CCOC(=O)C(C)(N)CCc1ccc(OC(F)F)cc1. The smallest absolute Gasteiger partial charge is 0.387 e. The van der Waals surface area contributed by atoms with E-state index in [1.807, 2.05) is 0 Å². The van der Waals surface area contributed by atoms with Crippen molar-refractivity contribution in [1.29, 1.82) is 0 Å². The molecule has 6 heteroatoms. The van der Waals surface area contributed by atoms with E-state index >= 15 is 0 Å². The molecule has 1 aromatic rings. The van der Waals surface area contributed by atoms with Crippen LogP contribution >= 0.6 is 0 Å². The second-order valence-electron chi connectivity index (χ2n) is 4.66. The van der Waals surface area contributed by atoms with Crippen LogP contribution in [0.1, 0.15) is 25.8 Å². The topological polar surface area (TPSA) is 61.5 Å². The van der Waals surface area contributed by atoms with Gasteiger partial charge in [-0.1, -0.05) is 12.1 Å². The molecule has 1 rings (SSSR count). The molecule has 4 nitrogen and oxygen atoms in total. The second-order valence-corrected chi connectivity index (χ2v) is 4.66. The Morgan fingerprint density at radius 1 is 1.35 bits per heavy atom. The van der Waals surface area contributed by atoms with Gasteiger partial charge in [-0.05, 0) is 44.4 Å². The van der Waals surface area contributed by atoms with Crippen molar-refractivity contribution in [3.05, 3.63) is 29.8 Å². The number of halogens is 2. The fourth-order valence-corrected chi connectivity index (χ4v) is 1.64. The zero-order chi connectivity index (χ0) is 15.2. The summed E-state index contributed by atoms with van der Waals surface area (Å²) in [4.78, 5) is 11.6. The van der Waals surface area contributed by atoms with Crippen molar-refractivity contribution in [2.45, 2.75) is 38.8 Å². The Balaban J connectivity index is 2.55. The molecular weight excluding hydrogens is 268 g/mol. The number of benzene rings is 1. The average molecular weight is 287 g/mol. The Hall–Kier alpha value is -1.69. The first kappa shape index (κ1) is 16.4. The summed E-state index contributed by atoms with van der Waals surface area (Å²) in [6.07, 6.45) is 0.946. The lowest BCUT2D eigenvalue weighted by molar-refractivity contribution is -0.149. The van der Waals surface area contributed by atoms with Crippen LogP contribution in [-0.2, 0) is 16.0 Å². The van der Waals surface area contributed by atoms with Gasteiger partial charge in [-0.15, -0.1) is 0 Å². The van der Waals surface area contributed by atoms with Gasteiger partial charge >= 0.3 is 12.6 Å². The number of hydrogen-bond donors (Lipinski definition) is 1. The molecule has 0 aromatic heterocycles. The van der Waals surface area contributed by atoms with E-state index in [1.54, 1.807) is 26.0 Å². The number of aryl methyl sites for hydroxylation is 1. The normalized spacial score (nSPS) is 13.9. The van der Waals surface area contributed by atoms with Gasteiger partial charge in [0.15, 0.2) is 0 Å². The fourth-order valence-electron chi connectivity index (χ4n) is 1.64. The molecule has 0 aliphatic carbocycles. The van der Waals surface area contributed by atoms with Gasteiger partial charge in [-0.25, -0.2) is 0 Å². The molecule has 0 saturated carbocycles. The molecule has 112 valence electrons. The summed E-state index contributed by atoms with van der Waals surface area (Å²) >= 11 is 0. The Labute approximate surface area is 116 Å². The van der Waals surface area contributed by atoms with Crippen molar-refractivity contribution in [3.63, 3.8) is 0 Å². The maximum atomic E-state index is 12.0. The number of carbonyl (C=O) groups is 1. The Morgan fingerprint density at radius 2 is 1.95 bits per heavy atom. The van der Waals surface area contributed by atoms with E-state index in [0.29, 0.717) is 12.8 Å². The number of alkyl halides is 2. The van der Waals surface area contributed by atoms with E-state index in [9.17, 15) is 13.6 Å². The third kappa shape index (κ3) is 5.13. The summed E-state index contributed by atoms with van der Waals surface area (Å²) < 4.78 is 33.1. The van der Waals surface area contributed by atoms with Crippen LogP contribution in [0.5, 0.6) is 5.75 Å². The number of rotatable bonds is 7. The van der Waals surface area contributed by atoms with E-state index in [2.05, 4.69) is 4.74 Å². The predicted octanol–water partition coefficient (Wildman–Crippen LogP) is 2.50. The third-order valence-corrected chi connectivity index (χ3v) is 2.82. The Kier molecular flexibility index (Phi) is 5.88. The van der Waals surface area contributed by atoms with Gasteiger partial charge in [0, 0.05) is 0 Å². The van der Waals surface area contributed by atoms with Crippen LogP contribution in [0.15, 0.2) is 24.3 Å². The number of hydrogen-bond acceptors (Lipinski definition) is 4. The summed E-state index contributed by atoms with van der Waals surface area (Å²) in [5.41, 5.74) is 5.71. The van der Waals surface area contributed by atoms with Crippen LogP contribution in [0.2, 0.25) is 0 Å². The lowest BCUT2D eigenvalue weighted by Gasteiger charge is -2.22. The van der Waals surface area contributed by atoms with Gasteiger partial charge in [-0.3, -0.25) is 4.79 Å².